The van der Waals surface area contributed by atoms with Gasteiger partial charge < -0.3 is 9.67 Å². The Kier molecular flexibility index (Phi) is 2.42. The van der Waals surface area contributed by atoms with Crippen LogP contribution >= 0.6 is 0 Å². The molecule has 0 aliphatic carbocycles. The van der Waals surface area contributed by atoms with Crippen molar-refractivity contribution in [3.63, 3.8) is 0 Å². The van der Waals surface area contributed by atoms with E-state index in [1.165, 1.54) is 0 Å². The molecule has 0 saturated carbocycles. The Balaban J connectivity index is 2.84. The molecular formula is C7H11N3O2. The molecular weight excluding hydrogens is 158 g/mol. The monoisotopic (exact) mass is 169 g/mol. The summed E-state index contributed by atoms with van der Waals surface area (Å²) in [5.41, 5.74) is 0. The Bertz CT molecular complexity index is 280. The van der Waals surface area contributed by atoms with E-state index in [0.29, 0.717) is 5.82 Å². The summed E-state index contributed by atoms with van der Waals surface area (Å²) in [6, 6.07) is 0.203. The lowest BCUT2D eigenvalue weighted by atomic mass is 10.3. The van der Waals surface area contributed by atoms with Crippen molar-refractivity contribution in [3.05, 3.63) is 12.2 Å². The van der Waals surface area contributed by atoms with Gasteiger partial charge in [-0.2, -0.15) is 0 Å². The van der Waals surface area contributed by atoms with E-state index in [0.717, 1.165) is 0 Å². The van der Waals surface area contributed by atoms with Crippen LogP contribution in [0.25, 0.3) is 0 Å². The van der Waals surface area contributed by atoms with E-state index in [9.17, 15) is 4.79 Å². The number of hydrogen-bond acceptors (Lipinski definition) is 3. The third-order valence-corrected chi connectivity index (χ3v) is 1.51. The van der Waals surface area contributed by atoms with Crippen molar-refractivity contribution in [2.75, 3.05) is 0 Å². The average Bonchev–Trinajstić information content (AvgIpc) is 2.33. The fraction of sp³-hybridized carbons (Fsp3) is 0.571. The van der Waals surface area contributed by atoms with E-state index in [1.807, 2.05) is 13.8 Å². The van der Waals surface area contributed by atoms with Crippen molar-refractivity contribution >= 4 is 5.97 Å². The van der Waals surface area contributed by atoms with Crippen LogP contribution in [0.15, 0.2) is 6.33 Å². The summed E-state index contributed by atoms with van der Waals surface area (Å²) in [5.74, 6) is -0.387. The molecule has 0 amide bonds. The molecule has 66 valence electrons. The van der Waals surface area contributed by atoms with E-state index in [2.05, 4.69) is 10.2 Å². The van der Waals surface area contributed by atoms with E-state index in [-0.39, 0.29) is 12.5 Å². The first-order chi connectivity index (χ1) is 5.61. The van der Waals surface area contributed by atoms with Gasteiger partial charge in [-0.3, -0.25) is 4.79 Å². The quantitative estimate of drug-likeness (QED) is 0.714. The number of aromatic nitrogens is 3. The molecule has 1 aromatic heterocycles. The number of aliphatic carboxylic acids is 1. The first-order valence-electron chi connectivity index (χ1n) is 3.71. The third-order valence-electron chi connectivity index (χ3n) is 1.51. The SMILES string of the molecule is CC(C)n1cnnc1CC(=O)O. The molecule has 5 nitrogen and oxygen atoms in total. The fourth-order valence-electron chi connectivity index (χ4n) is 0.960. The minimum atomic E-state index is -0.884. The van der Waals surface area contributed by atoms with Gasteiger partial charge in [0.05, 0.1) is 0 Å². The highest BCUT2D eigenvalue weighted by Crippen LogP contribution is 2.06. The lowest BCUT2D eigenvalue weighted by molar-refractivity contribution is -0.136. The van der Waals surface area contributed by atoms with Gasteiger partial charge >= 0.3 is 5.97 Å². The van der Waals surface area contributed by atoms with Crippen LogP contribution in [0.1, 0.15) is 25.7 Å². The van der Waals surface area contributed by atoms with Crippen LogP contribution in [0.4, 0.5) is 0 Å². The van der Waals surface area contributed by atoms with Gasteiger partial charge in [0.15, 0.2) is 0 Å². The molecule has 12 heavy (non-hydrogen) atoms. The van der Waals surface area contributed by atoms with Gasteiger partial charge in [-0.15, -0.1) is 10.2 Å². The molecule has 1 aromatic rings. The number of carboxylic acid groups (broad SMARTS) is 1. The average molecular weight is 169 g/mol. The first kappa shape index (κ1) is 8.70. The maximum absolute atomic E-state index is 10.4. The zero-order valence-corrected chi connectivity index (χ0v) is 7.06. The zero-order chi connectivity index (χ0) is 9.14. The number of carboxylic acids is 1. The minimum Gasteiger partial charge on any atom is -0.481 e. The first-order valence-corrected chi connectivity index (χ1v) is 3.71. The molecule has 0 atom stereocenters. The van der Waals surface area contributed by atoms with Crippen molar-refractivity contribution in [2.24, 2.45) is 0 Å². The molecule has 0 unspecified atom stereocenters. The van der Waals surface area contributed by atoms with Crippen LogP contribution in [-0.2, 0) is 11.2 Å². The van der Waals surface area contributed by atoms with E-state index < -0.39 is 5.97 Å². The van der Waals surface area contributed by atoms with E-state index in [1.54, 1.807) is 10.9 Å². The summed E-state index contributed by atoms with van der Waals surface area (Å²) >= 11 is 0. The molecule has 5 heteroatoms. The van der Waals surface area contributed by atoms with Crippen LogP contribution in [0.2, 0.25) is 0 Å². The Hall–Kier alpha value is -1.39. The van der Waals surface area contributed by atoms with Crippen molar-refractivity contribution in [2.45, 2.75) is 26.3 Å². The van der Waals surface area contributed by atoms with Crippen LogP contribution in [-0.4, -0.2) is 25.8 Å². The third kappa shape index (κ3) is 1.81. The molecule has 0 aliphatic heterocycles. The smallest absolute Gasteiger partial charge is 0.311 e. The predicted octanol–water partition coefficient (Wildman–Crippen LogP) is 0.486. The van der Waals surface area contributed by atoms with Crippen LogP contribution < -0.4 is 0 Å². The molecule has 0 aliphatic rings. The van der Waals surface area contributed by atoms with Gasteiger partial charge in [-0.1, -0.05) is 0 Å². The Labute approximate surface area is 70.0 Å². The molecule has 0 spiro atoms. The number of rotatable bonds is 3. The summed E-state index contributed by atoms with van der Waals surface area (Å²) in [6.07, 6.45) is 1.47. The molecule has 1 N–H and O–H groups in total. The maximum atomic E-state index is 10.4. The second kappa shape index (κ2) is 3.34. The zero-order valence-electron chi connectivity index (χ0n) is 7.06. The van der Waals surface area contributed by atoms with Crippen molar-refractivity contribution in [3.8, 4) is 0 Å². The second-order valence-corrected chi connectivity index (χ2v) is 2.82. The molecule has 0 saturated heterocycles. The summed E-state index contributed by atoms with van der Waals surface area (Å²) < 4.78 is 1.74. The Morgan fingerprint density at radius 2 is 2.42 bits per heavy atom. The molecule has 1 heterocycles. The largest absolute Gasteiger partial charge is 0.481 e. The topological polar surface area (TPSA) is 68.0 Å². The maximum Gasteiger partial charge on any atom is 0.311 e. The van der Waals surface area contributed by atoms with Gasteiger partial charge in [0.25, 0.3) is 0 Å². The van der Waals surface area contributed by atoms with Gasteiger partial charge in [0.2, 0.25) is 0 Å². The van der Waals surface area contributed by atoms with Gasteiger partial charge in [0.1, 0.15) is 18.6 Å². The molecule has 1 rings (SSSR count). The predicted molar refractivity (Wildman–Crippen MR) is 41.7 cm³/mol. The van der Waals surface area contributed by atoms with E-state index >= 15 is 0 Å². The highest BCUT2D eigenvalue weighted by molar-refractivity contribution is 5.68. The summed E-state index contributed by atoms with van der Waals surface area (Å²) in [5, 5.41) is 15.9. The van der Waals surface area contributed by atoms with Crippen LogP contribution in [0.3, 0.4) is 0 Å². The minimum absolute atomic E-state index is 0.0713. The number of hydrogen-bond donors (Lipinski definition) is 1. The Morgan fingerprint density at radius 3 is 2.92 bits per heavy atom. The lowest BCUT2D eigenvalue weighted by Gasteiger charge is -2.07. The van der Waals surface area contributed by atoms with Gasteiger partial charge in [-0.05, 0) is 13.8 Å². The molecule has 0 bridgehead atoms. The lowest BCUT2D eigenvalue weighted by Crippen LogP contribution is -2.10. The van der Waals surface area contributed by atoms with Crippen LogP contribution in [0.5, 0.6) is 0 Å². The summed E-state index contributed by atoms with van der Waals surface area (Å²) in [6.45, 7) is 3.91. The van der Waals surface area contributed by atoms with Crippen molar-refractivity contribution in [1.29, 1.82) is 0 Å². The van der Waals surface area contributed by atoms with Crippen molar-refractivity contribution in [1.82, 2.24) is 14.8 Å². The highest BCUT2D eigenvalue weighted by Gasteiger charge is 2.10. The number of nitrogens with zero attached hydrogens (tertiary/aromatic N) is 3. The molecule has 0 aromatic carbocycles. The van der Waals surface area contributed by atoms with Gasteiger partial charge in [-0.25, -0.2) is 0 Å². The Morgan fingerprint density at radius 1 is 1.75 bits per heavy atom. The van der Waals surface area contributed by atoms with Crippen molar-refractivity contribution < 1.29 is 9.90 Å². The molecule has 0 radical (unpaired) electrons. The highest BCUT2D eigenvalue weighted by atomic mass is 16.4. The number of carbonyl (C=O) groups is 1. The molecule has 0 fully saturated rings. The standard InChI is InChI=1S/C7H11N3O2/c1-5(2)10-4-8-9-6(10)3-7(11)12/h4-5H,3H2,1-2H3,(H,11,12). The summed E-state index contributed by atoms with van der Waals surface area (Å²) in [4.78, 5) is 10.4. The van der Waals surface area contributed by atoms with E-state index in [4.69, 9.17) is 5.11 Å². The van der Waals surface area contributed by atoms with Crippen LogP contribution in [0, 0.1) is 0 Å². The second-order valence-electron chi connectivity index (χ2n) is 2.82. The normalized spacial score (nSPS) is 10.6. The summed E-state index contributed by atoms with van der Waals surface area (Å²) in [7, 11) is 0. The van der Waals surface area contributed by atoms with Gasteiger partial charge in [0, 0.05) is 6.04 Å². The fourth-order valence-corrected chi connectivity index (χ4v) is 0.960.